The fourth-order valence-corrected chi connectivity index (χ4v) is 5.72. The highest BCUT2D eigenvalue weighted by atomic mass is 19.1. The molecule has 2 unspecified atom stereocenters. The van der Waals surface area contributed by atoms with E-state index in [2.05, 4.69) is 42.8 Å². The molecule has 1 aliphatic heterocycles. The maximum Gasteiger partial charge on any atom is 0.272 e. The lowest BCUT2D eigenvalue weighted by atomic mass is 9.85. The topological polar surface area (TPSA) is 132 Å². The third-order valence-corrected chi connectivity index (χ3v) is 8.12. The van der Waals surface area contributed by atoms with Gasteiger partial charge in [0.2, 0.25) is 11.8 Å². The van der Waals surface area contributed by atoms with Crippen LogP contribution in [0.15, 0.2) is 71.3 Å². The molecule has 1 saturated heterocycles. The van der Waals surface area contributed by atoms with Gasteiger partial charge in [0.05, 0.1) is 5.92 Å². The van der Waals surface area contributed by atoms with E-state index in [0.29, 0.717) is 52.8 Å². The van der Waals surface area contributed by atoms with Crippen molar-refractivity contribution in [2.45, 2.75) is 38.4 Å². The number of benzene rings is 2. The van der Waals surface area contributed by atoms with Crippen LogP contribution in [0.3, 0.4) is 0 Å². The third-order valence-electron chi connectivity index (χ3n) is 8.12. The number of aromatic nitrogens is 6. The van der Waals surface area contributed by atoms with Gasteiger partial charge in [-0.1, -0.05) is 30.3 Å². The van der Waals surface area contributed by atoms with Gasteiger partial charge in [-0.15, -0.1) is 10.2 Å². The Labute approximate surface area is 246 Å². The average molecular weight is 581 g/mol. The van der Waals surface area contributed by atoms with Crippen molar-refractivity contribution < 1.29 is 18.4 Å². The van der Waals surface area contributed by atoms with Crippen molar-refractivity contribution in [3.8, 4) is 11.5 Å². The SMILES string of the molecule is Cc1nnn(C(c2ccccc2)C2CCN(C(=O)c3cc(-c4nc5ccc(NC(=O)C6C[C@@H]6F)cc5o4)ccn3)CC2)n1. The van der Waals surface area contributed by atoms with E-state index in [4.69, 9.17) is 4.42 Å². The molecule has 0 radical (unpaired) electrons. The Hall–Kier alpha value is -5.00. The number of carbonyl (C=O) groups is 2. The molecule has 1 aliphatic carbocycles. The number of nitrogens with zero attached hydrogens (tertiary/aromatic N) is 7. The lowest BCUT2D eigenvalue weighted by molar-refractivity contribution is -0.117. The summed E-state index contributed by atoms with van der Waals surface area (Å²) in [7, 11) is 0. The maximum atomic E-state index is 13.5. The molecular weight excluding hydrogens is 551 g/mol. The van der Waals surface area contributed by atoms with Crippen LogP contribution in [-0.2, 0) is 4.79 Å². The molecule has 5 aromatic rings. The van der Waals surface area contributed by atoms with Gasteiger partial charge in [0.1, 0.15) is 23.4 Å². The molecule has 3 aromatic heterocycles. The van der Waals surface area contributed by atoms with Crippen LogP contribution < -0.4 is 5.32 Å². The van der Waals surface area contributed by atoms with E-state index in [0.717, 1.165) is 18.4 Å². The van der Waals surface area contributed by atoms with Crippen molar-refractivity contribution in [1.29, 1.82) is 0 Å². The summed E-state index contributed by atoms with van der Waals surface area (Å²) in [5.41, 5.74) is 3.62. The normalized spacial score (nSPS) is 19.3. The molecule has 12 heteroatoms. The second kappa shape index (κ2) is 11.0. The molecule has 0 bridgehead atoms. The highest BCUT2D eigenvalue weighted by Crippen LogP contribution is 2.36. The van der Waals surface area contributed by atoms with Crippen LogP contribution in [0.4, 0.5) is 10.1 Å². The smallest absolute Gasteiger partial charge is 0.272 e. The first-order valence-electron chi connectivity index (χ1n) is 14.4. The highest BCUT2D eigenvalue weighted by Gasteiger charge is 2.43. The van der Waals surface area contributed by atoms with Crippen LogP contribution in [0.5, 0.6) is 0 Å². The molecule has 2 fully saturated rings. The molecule has 2 amide bonds. The standard InChI is InChI=1S/C31H29FN8O3/c1-18-36-38-40(37-18)28(19-5-3-2-4-6-19)20-10-13-39(14-11-20)31(42)26-15-21(9-12-33-26)30-35-25-8-7-22(16-27(25)43-30)34-29(41)23-17-24(23)32/h2-9,12,15-16,20,23-24,28H,10-11,13-14,17H2,1H3,(H,34,41)/t23?,24-,28?/m0/s1. The fourth-order valence-electron chi connectivity index (χ4n) is 5.72. The lowest BCUT2D eigenvalue weighted by Gasteiger charge is -2.35. The van der Waals surface area contributed by atoms with Crippen LogP contribution in [0.1, 0.15) is 47.2 Å². The number of pyridine rings is 1. The Balaban J connectivity index is 1.05. The van der Waals surface area contributed by atoms with Gasteiger partial charge in [-0.3, -0.25) is 14.6 Å². The molecule has 7 rings (SSSR count). The number of amides is 2. The number of hydrogen-bond donors (Lipinski definition) is 1. The number of hydrogen-bond acceptors (Lipinski definition) is 8. The van der Waals surface area contributed by atoms with Crippen molar-refractivity contribution >= 4 is 28.6 Å². The number of carbonyl (C=O) groups excluding carboxylic acids is 2. The summed E-state index contributed by atoms with van der Waals surface area (Å²) in [5, 5.41) is 15.6. The van der Waals surface area contributed by atoms with E-state index in [1.165, 1.54) is 0 Å². The Morgan fingerprint density at radius 2 is 1.86 bits per heavy atom. The van der Waals surface area contributed by atoms with E-state index < -0.39 is 12.1 Å². The zero-order valence-corrected chi connectivity index (χ0v) is 23.4. The number of nitrogens with one attached hydrogen (secondary N) is 1. The van der Waals surface area contributed by atoms with Gasteiger partial charge in [0.25, 0.3) is 5.91 Å². The van der Waals surface area contributed by atoms with Crippen LogP contribution >= 0.6 is 0 Å². The zero-order valence-electron chi connectivity index (χ0n) is 23.4. The van der Waals surface area contributed by atoms with Crippen LogP contribution in [-0.4, -0.2) is 66.2 Å². The predicted molar refractivity (Wildman–Crippen MR) is 155 cm³/mol. The monoisotopic (exact) mass is 580 g/mol. The van der Waals surface area contributed by atoms with Crippen molar-refractivity contribution in [3.63, 3.8) is 0 Å². The first-order valence-corrected chi connectivity index (χ1v) is 14.4. The highest BCUT2D eigenvalue weighted by molar-refractivity contribution is 5.96. The van der Waals surface area contributed by atoms with Gasteiger partial charge in [0.15, 0.2) is 11.4 Å². The number of likely N-dealkylation sites (tertiary alicyclic amines) is 1. The van der Waals surface area contributed by atoms with Crippen molar-refractivity contribution in [2.75, 3.05) is 18.4 Å². The number of rotatable bonds is 7. The molecule has 4 heterocycles. The summed E-state index contributed by atoms with van der Waals surface area (Å²) in [6.07, 6.45) is 2.33. The van der Waals surface area contributed by atoms with Crippen molar-refractivity contribution in [3.05, 3.63) is 83.9 Å². The number of alkyl halides is 1. The van der Waals surface area contributed by atoms with E-state index in [1.807, 2.05) is 30.0 Å². The minimum atomic E-state index is -1.07. The molecule has 218 valence electrons. The maximum absolute atomic E-state index is 13.5. The second-order valence-electron chi connectivity index (χ2n) is 11.1. The lowest BCUT2D eigenvalue weighted by Crippen LogP contribution is -2.41. The van der Waals surface area contributed by atoms with Crippen LogP contribution in [0, 0.1) is 18.8 Å². The zero-order chi connectivity index (χ0) is 29.5. The minimum absolute atomic E-state index is 0.0663. The van der Waals surface area contributed by atoms with Gasteiger partial charge in [-0.05, 0) is 67.1 Å². The van der Waals surface area contributed by atoms with E-state index in [1.54, 1.807) is 41.3 Å². The van der Waals surface area contributed by atoms with Crippen molar-refractivity contribution in [1.82, 2.24) is 35.1 Å². The first-order chi connectivity index (χ1) is 20.9. The molecule has 11 nitrogen and oxygen atoms in total. The average Bonchev–Trinajstić information content (AvgIpc) is 3.39. The molecule has 0 spiro atoms. The van der Waals surface area contributed by atoms with Gasteiger partial charge in [0, 0.05) is 36.6 Å². The quantitative estimate of drug-likeness (QED) is 0.295. The van der Waals surface area contributed by atoms with Gasteiger partial charge in [-0.25, -0.2) is 9.37 Å². The summed E-state index contributed by atoms with van der Waals surface area (Å²) in [6.45, 7) is 2.98. The van der Waals surface area contributed by atoms with E-state index in [9.17, 15) is 14.0 Å². The Kier molecular flexibility index (Phi) is 6.88. The molecule has 2 aliphatic rings. The fraction of sp³-hybridized carbons (Fsp3) is 0.323. The molecule has 43 heavy (non-hydrogen) atoms. The largest absolute Gasteiger partial charge is 0.436 e. The third kappa shape index (κ3) is 5.47. The molecule has 2 aromatic carbocycles. The van der Waals surface area contributed by atoms with E-state index in [-0.39, 0.29) is 30.2 Å². The Morgan fingerprint density at radius 1 is 1.07 bits per heavy atom. The molecular formula is C31H29FN8O3. The predicted octanol–water partition coefficient (Wildman–Crippen LogP) is 4.62. The summed E-state index contributed by atoms with van der Waals surface area (Å²) >= 11 is 0. The van der Waals surface area contributed by atoms with Crippen LogP contribution in [0.2, 0.25) is 0 Å². The van der Waals surface area contributed by atoms with Gasteiger partial charge < -0.3 is 14.6 Å². The second-order valence-corrected chi connectivity index (χ2v) is 11.1. The van der Waals surface area contributed by atoms with Crippen molar-refractivity contribution in [2.24, 2.45) is 11.8 Å². The number of piperidine rings is 1. The Bertz CT molecular complexity index is 1800. The summed E-state index contributed by atoms with van der Waals surface area (Å²) < 4.78 is 19.2. The van der Waals surface area contributed by atoms with E-state index >= 15 is 0 Å². The number of halogens is 1. The number of oxazole rings is 1. The number of tetrazole rings is 1. The molecule has 1 N–H and O–H groups in total. The molecule has 1 saturated carbocycles. The summed E-state index contributed by atoms with van der Waals surface area (Å²) in [5.74, 6) is 0.111. The van der Waals surface area contributed by atoms with Gasteiger partial charge in [-0.2, -0.15) is 4.80 Å². The Morgan fingerprint density at radius 3 is 2.58 bits per heavy atom. The van der Waals surface area contributed by atoms with Crippen LogP contribution in [0.25, 0.3) is 22.6 Å². The summed E-state index contributed by atoms with van der Waals surface area (Å²) in [4.78, 5) is 38.0. The number of anilines is 1. The number of fused-ring (bicyclic) bond motifs is 1. The molecule has 3 atom stereocenters. The van der Waals surface area contributed by atoms with Gasteiger partial charge >= 0.3 is 0 Å². The number of aryl methyl sites for hydroxylation is 1. The minimum Gasteiger partial charge on any atom is -0.436 e. The first kappa shape index (κ1) is 26.9. The summed E-state index contributed by atoms with van der Waals surface area (Å²) in [6, 6.07) is 18.6.